The van der Waals surface area contributed by atoms with Crippen LogP contribution >= 0.6 is 0 Å². The molecule has 0 aromatic heterocycles. The molecule has 0 unspecified atom stereocenters. The van der Waals surface area contributed by atoms with Crippen molar-refractivity contribution in [3.8, 4) is 17.2 Å². The summed E-state index contributed by atoms with van der Waals surface area (Å²) in [6.45, 7) is 6.87. The van der Waals surface area contributed by atoms with Gasteiger partial charge >= 0.3 is 0 Å². The molecular weight excluding hydrogens is 825 g/mol. The fraction of sp³-hybridized carbons (Fsp3) is 0.346. The lowest BCUT2D eigenvalue weighted by Crippen LogP contribution is -2.46. The molecule has 1 spiro atoms. The van der Waals surface area contributed by atoms with Crippen LogP contribution in [0.25, 0.3) is 0 Å². The number of anilines is 3. The highest BCUT2D eigenvalue weighted by molar-refractivity contribution is 6.09. The van der Waals surface area contributed by atoms with Crippen molar-refractivity contribution in [1.82, 2.24) is 4.90 Å². The van der Waals surface area contributed by atoms with E-state index < -0.39 is 23.0 Å². The van der Waals surface area contributed by atoms with Gasteiger partial charge in [0.15, 0.2) is 5.60 Å². The first kappa shape index (κ1) is 44.9. The Labute approximate surface area is 379 Å². The van der Waals surface area contributed by atoms with Crippen molar-refractivity contribution >= 4 is 40.7 Å². The number of carbonyl (C=O) groups is 4. The van der Waals surface area contributed by atoms with Crippen molar-refractivity contribution in [1.29, 1.82) is 0 Å². The molecule has 3 aliphatic heterocycles. The summed E-state index contributed by atoms with van der Waals surface area (Å²) in [7, 11) is 4.75. The first-order chi connectivity index (χ1) is 31.3. The molecule has 0 saturated carbocycles. The van der Waals surface area contributed by atoms with E-state index in [2.05, 4.69) is 24.5 Å². The number of methoxy groups -OCH3 is 3. The Morgan fingerprint density at radius 2 is 1.31 bits per heavy atom. The van der Waals surface area contributed by atoms with Crippen molar-refractivity contribution in [2.45, 2.75) is 69.7 Å². The van der Waals surface area contributed by atoms with Crippen LogP contribution in [0.4, 0.5) is 17.1 Å². The number of aliphatic hydroxyl groups excluding tert-OH is 1. The number of benzene rings is 5. The summed E-state index contributed by atoms with van der Waals surface area (Å²) in [6.07, 6.45) is 0.812. The maximum atomic E-state index is 15.6. The predicted octanol–water partition coefficient (Wildman–Crippen LogP) is 7.96. The fourth-order valence-corrected chi connectivity index (χ4v) is 10.2. The molecule has 0 bridgehead atoms. The van der Waals surface area contributed by atoms with Gasteiger partial charge in [-0.3, -0.25) is 19.2 Å². The number of hydrogen-bond acceptors (Lipinski definition) is 9. The average molecular weight is 881 g/mol. The van der Waals surface area contributed by atoms with E-state index in [-0.39, 0.29) is 55.2 Å². The second-order valence-electron chi connectivity index (χ2n) is 17.6. The molecule has 13 nitrogen and oxygen atoms in total. The van der Waals surface area contributed by atoms with Crippen LogP contribution in [0.5, 0.6) is 17.2 Å². The summed E-state index contributed by atoms with van der Waals surface area (Å²) in [5.74, 6) is 0.109. The minimum atomic E-state index is -1.55. The topological polar surface area (TPSA) is 156 Å². The number of carbonyl (C=O) groups excluding carboxylic acids is 4. The molecule has 3 heterocycles. The zero-order valence-corrected chi connectivity index (χ0v) is 37.6. The standard InChI is InChI=1S/C52H56N4O9/c1-32-47(51(2,3)36-15-24-42(64-6)25-16-36)45(29-46(58)55-27-7-8-39(55)31-57)65-52(32)43-28-38(54-49(60)35-13-22-41(63-5)23-14-35)19-26-44(43)56(50(52)61)30-33-9-17-37(18-10-33)53-48(59)34-11-20-40(62-4)21-12-34/h9-26,28,32,39,45,47,57H,7-8,27,29-31H2,1-6H3,(H,53,59)(H,54,60)/t32-,39+,45+,47-,52+/m1/s1. The third kappa shape index (κ3) is 8.53. The molecule has 8 rings (SSSR count). The SMILES string of the molecule is COc1ccc(C(=O)Nc2ccc(CN3C(=O)[C@@]4(O[C@@H](CC(=O)N5CCC[C@H]5CO)[C@H](C(C)(C)c5ccc(OC)cc5)[C@H]4C)c4cc(NC(=O)c5ccc(OC)cc5)ccc43)cc2)cc1. The van der Waals surface area contributed by atoms with Gasteiger partial charge in [0.25, 0.3) is 17.7 Å². The second kappa shape index (κ2) is 18.4. The molecule has 13 heteroatoms. The van der Waals surface area contributed by atoms with Gasteiger partial charge in [-0.05, 0) is 120 Å². The Morgan fingerprint density at radius 3 is 1.86 bits per heavy atom. The molecule has 65 heavy (non-hydrogen) atoms. The predicted molar refractivity (Wildman–Crippen MR) is 248 cm³/mol. The number of fused-ring (bicyclic) bond motifs is 2. The molecule has 2 fully saturated rings. The van der Waals surface area contributed by atoms with E-state index in [0.29, 0.717) is 57.5 Å². The molecule has 5 aromatic carbocycles. The Balaban J connectivity index is 1.16. The van der Waals surface area contributed by atoms with Crippen molar-refractivity contribution in [3.63, 3.8) is 0 Å². The Bertz CT molecular complexity index is 2540. The van der Waals surface area contributed by atoms with Crippen LogP contribution < -0.4 is 29.7 Å². The number of ether oxygens (including phenoxy) is 4. The lowest BCUT2D eigenvalue weighted by molar-refractivity contribution is -0.150. The highest BCUT2D eigenvalue weighted by Gasteiger charge is 2.66. The van der Waals surface area contributed by atoms with Crippen LogP contribution in [0, 0.1) is 11.8 Å². The molecule has 3 aliphatic rings. The number of hydrogen-bond donors (Lipinski definition) is 3. The van der Waals surface area contributed by atoms with E-state index in [0.717, 1.165) is 24.0 Å². The Hall–Kier alpha value is -6.70. The first-order valence-electron chi connectivity index (χ1n) is 22.0. The largest absolute Gasteiger partial charge is 0.497 e. The Morgan fingerprint density at radius 1 is 0.769 bits per heavy atom. The molecule has 0 aliphatic carbocycles. The minimum Gasteiger partial charge on any atom is -0.497 e. The zero-order chi connectivity index (χ0) is 46.0. The lowest BCUT2D eigenvalue weighted by atomic mass is 9.63. The lowest BCUT2D eigenvalue weighted by Gasteiger charge is -2.39. The molecule has 2 saturated heterocycles. The van der Waals surface area contributed by atoms with Gasteiger partial charge in [0, 0.05) is 46.4 Å². The minimum absolute atomic E-state index is 0.00700. The second-order valence-corrected chi connectivity index (χ2v) is 17.6. The van der Waals surface area contributed by atoms with E-state index >= 15 is 4.79 Å². The normalized spacial score (nSPS) is 21.3. The number of aliphatic hydroxyl groups is 1. The summed E-state index contributed by atoms with van der Waals surface area (Å²) in [5.41, 5.74) is 2.79. The van der Waals surface area contributed by atoms with Crippen LogP contribution in [0.15, 0.2) is 115 Å². The Kier molecular flexibility index (Phi) is 12.7. The summed E-state index contributed by atoms with van der Waals surface area (Å²) in [4.78, 5) is 60.1. The number of amides is 4. The van der Waals surface area contributed by atoms with E-state index in [1.54, 1.807) is 97.9 Å². The molecule has 0 radical (unpaired) electrons. The third-order valence-corrected chi connectivity index (χ3v) is 13.6. The van der Waals surface area contributed by atoms with Crippen molar-refractivity contribution < 1.29 is 43.2 Å². The van der Waals surface area contributed by atoms with Crippen molar-refractivity contribution in [2.24, 2.45) is 11.8 Å². The maximum Gasteiger partial charge on any atom is 0.264 e. The third-order valence-electron chi connectivity index (χ3n) is 13.6. The first-order valence-corrected chi connectivity index (χ1v) is 22.0. The highest BCUT2D eigenvalue weighted by atomic mass is 16.5. The maximum absolute atomic E-state index is 15.6. The summed E-state index contributed by atoms with van der Waals surface area (Å²) in [6, 6.07) is 34.0. The van der Waals surface area contributed by atoms with E-state index in [1.165, 1.54) is 0 Å². The monoisotopic (exact) mass is 880 g/mol. The number of likely N-dealkylation sites (tertiary alicyclic amines) is 1. The van der Waals surface area contributed by atoms with Gasteiger partial charge in [-0.25, -0.2) is 0 Å². The van der Waals surface area contributed by atoms with Gasteiger partial charge in [0.1, 0.15) is 17.2 Å². The van der Waals surface area contributed by atoms with Crippen LogP contribution in [0.1, 0.15) is 77.4 Å². The summed E-state index contributed by atoms with van der Waals surface area (Å²) < 4.78 is 23.3. The zero-order valence-electron chi connectivity index (χ0n) is 37.6. The quantitative estimate of drug-likeness (QED) is 0.101. The number of nitrogens with one attached hydrogen (secondary N) is 2. The van der Waals surface area contributed by atoms with Crippen molar-refractivity contribution in [3.05, 3.63) is 143 Å². The summed E-state index contributed by atoms with van der Waals surface area (Å²) in [5, 5.41) is 16.2. The van der Waals surface area contributed by atoms with Gasteiger partial charge in [-0.15, -0.1) is 0 Å². The highest BCUT2D eigenvalue weighted by Crippen LogP contribution is 2.60. The van der Waals surface area contributed by atoms with Gasteiger partial charge in [-0.1, -0.05) is 45.0 Å². The number of rotatable bonds is 14. The molecule has 4 amide bonds. The smallest absolute Gasteiger partial charge is 0.264 e. The van der Waals surface area contributed by atoms with E-state index in [1.807, 2.05) is 55.5 Å². The fourth-order valence-electron chi connectivity index (χ4n) is 10.2. The van der Waals surface area contributed by atoms with E-state index in [4.69, 9.17) is 18.9 Å². The van der Waals surface area contributed by atoms with Crippen LogP contribution in [0.3, 0.4) is 0 Å². The molecule has 5 aromatic rings. The molecule has 5 atom stereocenters. The molecule has 338 valence electrons. The number of nitrogens with zero attached hydrogens (tertiary/aromatic N) is 2. The van der Waals surface area contributed by atoms with Crippen LogP contribution in [-0.2, 0) is 31.9 Å². The molecule has 3 N–H and O–H groups in total. The van der Waals surface area contributed by atoms with Crippen molar-refractivity contribution in [2.75, 3.05) is 50.0 Å². The van der Waals surface area contributed by atoms with Crippen LogP contribution in [-0.4, -0.2) is 80.3 Å². The van der Waals surface area contributed by atoms with Gasteiger partial charge in [-0.2, -0.15) is 0 Å². The molecular formula is C52H56N4O9. The van der Waals surface area contributed by atoms with Gasteiger partial charge < -0.3 is 44.5 Å². The summed E-state index contributed by atoms with van der Waals surface area (Å²) >= 11 is 0. The van der Waals surface area contributed by atoms with E-state index in [9.17, 15) is 19.5 Å². The average Bonchev–Trinajstić information content (AvgIpc) is 3.99. The van der Waals surface area contributed by atoms with Gasteiger partial charge in [0.05, 0.1) is 58.7 Å². The van der Waals surface area contributed by atoms with Crippen LogP contribution in [0.2, 0.25) is 0 Å². The van der Waals surface area contributed by atoms with Gasteiger partial charge in [0.2, 0.25) is 5.91 Å².